The summed E-state index contributed by atoms with van der Waals surface area (Å²) in [6.45, 7) is 0.435. The minimum absolute atomic E-state index is 0.0166. The van der Waals surface area contributed by atoms with E-state index in [1.54, 1.807) is 6.07 Å². The fourth-order valence-corrected chi connectivity index (χ4v) is 2.61. The lowest BCUT2D eigenvalue weighted by atomic mass is 10.2. The lowest BCUT2D eigenvalue weighted by Crippen LogP contribution is -2.35. The van der Waals surface area contributed by atoms with Crippen LogP contribution in [0.25, 0.3) is 0 Å². The number of nitrogens with zero attached hydrogens (tertiary/aromatic N) is 1. The van der Waals surface area contributed by atoms with Crippen LogP contribution in [0, 0.1) is 0 Å². The van der Waals surface area contributed by atoms with E-state index in [9.17, 15) is 9.59 Å². The first-order chi connectivity index (χ1) is 10.7. The Balaban J connectivity index is 1.71. The van der Waals surface area contributed by atoms with Crippen molar-refractivity contribution < 1.29 is 9.59 Å². The molecule has 0 aliphatic carbocycles. The normalized spacial score (nSPS) is 13.1. The van der Waals surface area contributed by atoms with Crippen molar-refractivity contribution in [1.82, 2.24) is 0 Å². The lowest BCUT2D eigenvalue weighted by molar-refractivity contribution is -0.120. The monoisotopic (exact) mass is 295 g/mol. The summed E-state index contributed by atoms with van der Waals surface area (Å²) in [6.07, 6.45) is 0.353. The number of nitrogens with one attached hydrogen (secondary N) is 1. The summed E-state index contributed by atoms with van der Waals surface area (Å²) in [5, 5.41) is 2.81. The van der Waals surface area contributed by atoms with Gasteiger partial charge in [-0.25, -0.2) is 0 Å². The van der Waals surface area contributed by atoms with Gasteiger partial charge < -0.3 is 16.0 Å². The fraction of sp³-hybridized carbons (Fsp3) is 0.176. The standard InChI is InChI=1S/C17H17N3O2/c18-10-12-4-3-6-14(8-12)19-16(21)11-20-15-7-2-1-5-13(15)9-17(20)22/h1-8H,9-11,18H2,(H,19,21). The number of nitrogens with two attached hydrogens (primary N) is 1. The number of carbonyl (C=O) groups excluding carboxylic acids is 2. The van der Waals surface area contributed by atoms with Gasteiger partial charge in [-0.05, 0) is 29.3 Å². The zero-order valence-corrected chi connectivity index (χ0v) is 12.1. The molecule has 112 valence electrons. The summed E-state index contributed by atoms with van der Waals surface area (Å²) in [6, 6.07) is 14.9. The maximum absolute atomic E-state index is 12.2. The average molecular weight is 295 g/mol. The zero-order chi connectivity index (χ0) is 15.5. The number of hydrogen-bond acceptors (Lipinski definition) is 3. The largest absolute Gasteiger partial charge is 0.326 e. The molecule has 1 heterocycles. The van der Waals surface area contributed by atoms with Gasteiger partial charge in [-0.1, -0.05) is 30.3 Å². The van der Waals surface area contributed by atoms with E-state index in [-0.39, 0.29) is 18.4 Å². The Morgan fingerprint density at radius 2 is 2.00 bits per heavy atom. The molecular weight excluding hydrogens is 278 g/mol. The second-order valence-electron chi connectivity index (χ2n) is 5.24. The number of anilines is 2. The van der Waals surface area contributed by atoms with Gasteiger partial charge in [0.05, 0.1) is 6.42 Å². The summed E-state index contributed by atoms with van der Waals surface area (Å²) in [7, 11) is 0. The van der Waals surface area contributed by atoms with Gasteiger partial charge in [0.25, 0.3) is 0 Å². The van der Waals surface area contributed by atoms with Crippen LogP contribution in [0.15, 0.2) is 48.5 Å². The number of amides is 2. The van der Waals surface area contributed by atoms with E-state index in [1.165, 1.54) is 4.90 Å². The molecule has 0 bridgehead atoms. The Hall–Kier alpha value is -2.66. The molecule has 1 aliphatic heterocycles. The van der Waals surface area contributed by atoms with Gasteiger partial charge in [-0.2, -0.15) is 0 Å². The van der Waals surface area contributed by atoms with Crippen LogP contribution in [0.5, 0.6) is 0 Å². The number of para-hydroxylation sites is 1. The van der Waals surface area contributed by atoms with Crippen molar-refractivity contribution >= 4 is 23.2 Å². The van der Waals surface area contributed by atoms with E-state index in [0.29, 0.717) is 18.7 Å². The van der Waals surface area contributed by atoms with E-state index < -0.39 is 0 Å². The Morgan fingerprint density at radius 1 is 1.18 bits per heavy atom. The van der Waals surface area contributed by atoms with Crippen molar-refractivity contribution in [3.63, 3.8) is 0 Å². The fourth-order valence-electron chi connectivity index (χ4n) is 2.61. The maximum atomic E-state index is 12.2. The number of fused-ring (bicyclic) bond motifs is 1. The predicted molar refractivity (Wildman–Crippen MR) is 85.5 cm³/mol. The van der Waals surface area contributed by atoms with Crippen LogP contribution < -0.4 is 16.0 Å². The molecule has 0 saturated heterocycles. The van der Waals surface area contributed by atoms with E-state index in [4.69, 9.17) is 5.73 Å². The van der Waals surface area contributed by atoms with Crippen molar-refractivity contribution in [3.8, 4) is 0 Å². The molecule has 3 N–H and O–H groups in total. The topological polar surface area (TPSA) is 75.4 Å². The summed E-state index contributed by atoms with van der Waals surface area (Å²) >= 11 is 0. The first-order valence-electron chi connectivity index (χ1n) is 7.14. The van der Waals surface area contributed by atoms with E-state index >= 15 is 0 Å². The highest BCUT2D eigenvalue weighted by molar-refractivity contribution is 6.07. The molecule has 2 aromatic carbocycles. The Kier molecular flexibility index (Phi) is 3.89. The molecule has 0 atom stereocenters. The molecule has 0 spiro atoms. The maximum Gasteiger partial charge on any atom is 0.244 e. The molecule has 0 aromatic heterocycles. The Labute approximate surface area is 128 Å². The van der Waals surface area contributed by atoms with Crippen LogP contribution in [0.2, 0.25) is 0 Å². The van der Waals surface area contributed by atoms with Crippen LogP contribution in [-0.2, 0) is 22.6 Å². The van der Waals surface area contributed by atoms with Gasteiger partial charge >= 0.3 is 0 Å². The first kappa shape index (κ1) is 14.3. The molecule has 0 radical (unpaired) electrons. The quantitative estimate of drug-likeness (QED) is 0.901. The molecule has 22 heavy (non-hydrogen) atoms. The van der Waals surface area contributed by atoms with Crippen molar-refractivity contribution in [2.75, 3.05) is 16.8 Å². The molecule has 3 rings (SSSR count). The van der Waals surface area contributed by atoms with Crippen LogP contribution in [0.3, 0.4) is 0 Å². The second kappa shape index (κ2) is 5.99. The highest BCUT2D eigenvalue weighted by Crippen LogP contribution is 2.28. The molecule has 2 aromatic rings. The molecule has 0 unspecified atom stereocenters. The zero-order valence-electron chi connectivity index (χ0n) is 12.1. The average Bonchev–Trinajstić information content (AvgIpc) is 2.83. The predicted octanol–water partition coefficient (Wildman–Crippen LogP) is 1.67. The number of hydrogen-bond donors (Lipinski definition) is 2. The third kappa shape index (κ3) is 2.84. The van der Waals surface area contributed by atoms with Crippen LogP contribution in [0.4, 0.5) is 11.4 Å². The third-order valence-corrected chi connectivity index (χ3v) is 3.67. The minimum atomic E-state index is -0.223. The van der Waals surface area contributed by atoms with Crippen LogP contribution in [0.1, 0.15) is 11.1 Å². The number of carbonyl (C=O) groups is 2. The Morgan fingerprint density at radius 3 is 2.82 bits per heavy atom. The van der Waals surface area contributed by atoms with Gasteiger partial charge in [0, 0.05) is 17.9 Å². The van der Waals surface area contributed by atoms with Crippen LogP contribution in [-0.4, -0.2) is 18.4 Å². The molecule has 1 aliphatic rings. The van der Waals surface area contributed by atoms with Crippen molar-refractivity contribution in [1.29, 1.82) is 0 Å². The van der Waals surface area contributed by atoms with Gasteiger partial charge in [-0.3, -0.25) is 9.59 Å². The van der Waals surface area contributed by atoms with Crippen molar-refractivity contribution in [3.05, 3.63) is 59.7 Å². The molecule has 0 saturated carbocycles. The van der Waals surface area contributed by atoms with Crippen molar-refractivity contribution in [2.45, 2.75) is 13.0 Å². The van der Waals surface area contributed by atoms with E-state index in [0.717, 1.165) is 16.8 Å². The minimum Gasteiger partial charge on any atom is -0.326 e. The number of rotatable bonds is 4. The van der Waals surface area contributed by atoms with E-state index in [1.807, 2.05) is 42.5 Å². The second-order valence-corrected chi connectivity index (χ2v) is 5.24. The number of benzene rings is 2. The molecule has 5 nitrogen and oxygen atoms in total. The van der Waals surface area contributed by atoms with Gasteiger partial charge in [-0.15, -0.1) is 0 Å². The summed E-state index contributed by atoms with van der Waals surface area (Å²) < 4.78 is 0. The molecular formula is C17H17N3O2. The SMILES string of the molecule is NCc1cccc(NC(=O)CN2C(=O)Cc3ccccc32)c1. The highest BCUT2D eigenvalue weighted by Gasteiger charge is 2.28. The van der Waals surface area contributed by atoms with Gasteiger partial charge in [0.1, 0.15) is 6.54 Å². The summed E-state index contributed by atoms with van der Waals surface area (Å²) in [4.78, 5) is 25.8. The first-order valence-corrected chi connectivity index (χ1v) is 7.14. The molecule has 5 heteroatoms. The molecule has 2 amide bonds. The lowest BCUT2D eigenvalue weighted by Gasteiger charge is -2.17. The highest BCUT2D eigenvalue weighted by atomic mass is 16.2. The smallest absolute Gasteiger partial charge is 0.244 e. The van der Waals surface area contributed by atoms with E-state index in [2.05, 4.69) is 5.32 Å². The van der Waals surface area contributed by atoms with Gasteiger partial charge in [0.15, 0.2) is 0 Å². The van der Waals surface area contributed by atoms with Crippen LogP contribution >= 0.6 is 0 Å². The Bertz CT molecular complexity index is 727. The van der Waals surface area contributed by atoms with Crippen molar-refractivity contribution in [2.24, 2.45) is 5.73 Å². The summed E-state index contributed by atoms with van der Waals surface area (Å²) in [5.74, 6) is -0.272. The third-order valence-electron chi connectivity index (χ3n) is 3.67. The van der Waals surface area contributed by atoms with Gasteiger partial charge in [0.2, 0.25) is 11.8 Å². The molecule has 0 fully saturated rings. The summed E-state index contributed by atoms with van der Waals surface area (Å²) in [5.41, 5.74) is 9.00.